The highest BCUT2D eigenvalue weighted by Gasteiger charge is 2.45. The number of halogens is 1. The summed E-state index contributed by atoms with van der Waals surface area (Å²) in [5, 5.41) is 2.83. The minimum Gasteiger partial charge on any atom is -0.457 e. The first-order valence-corrected chi connectivity index (χ1v) is 8.05. The number of carbonyl (C=O) groups excluding carboxylic acids is 1. The van der Waals surface area contributed by atoms with Gasteiger partial charge in [-0.3, -0.25) is 4.79 Å². The van der Waals surface area contributed by atoms with Crippen molar-refractivity contribution in [1.29, 1.82) is 0 Å². The third-order valence-electron chi connectivity index (χ3n) is 4.11. The summed E-state index contributed by atoms with van der Waals surface area (Å²) in [4.78, 5) is 11.9. The molecule has 0 saturated heterocycles. The summed E-state index contributed by atoms with van der Waals surface area (Å²) < 4.78 is 10.9. The maximum Gasteiger partial charge on any atom is 0.244 e. The van der Waals surface area contributed by atoms with Crippen LogP contribution in [0.5, 0.6) is 11.5 Å². The molecular formula is C19H23ClN2O3. The molecule has 0 unspecified atom stereocenters. The molecule has 1 fully saturated rings. The molecule has 0 radical (unpaired) electrons. The van der Waals surface area contributed by atoms with E-state index in [0.717, 1.165) is 30.7 Å². The molecular weight excluding hydrogens is 340 g/mol. The fourth-order valence-electron chi connectivity index (χ4n) is 2.30. The van der Waals surface area contributed by atoms with E-state index in [0.29, 0.717) is 12.4 Å². The normalized spacial score (nSPS) is 14.3. The van der Waals surface area contributed by atoms with E-state index in [1.54, 1.807) is 7.11 Å². The number of ether oxygens (including phenoxy) is 2. The van der Waals surface area contributed by atoms with Crippen molar-refractivity contribution in [2.24, 2.45) is 5.73 Å². The summed E-state index contributed by atoms with van der Waals surface area (Å²) in [6.45, 7) is 0.706. The zero-order valence-corrected chi connectivity index (χ0v) is 15.0. The monoisotopic (exact) mass is 362 g/mol. The average molecular weight is 363 g/mol. The van der Waals surface area contributed by atoms with Crippen LogP contribution in [0, 0.1) is 0 Å². The van der Waals surface area contributed by atoms with E-state index in [2.05, 4.69) is 5.32 Å². The molecule has 2 aromatic carbocycles. The van der Waals surface area contributed by atoms with Crippen molar-refractivity contribution in [2.75, 3.05) is 19.0 Å². The summed E-state index contributed by atoms with van der Waals surface area (Å²) in [6, 6.07) is 15.2. The Morgan fingerprint density at radius 2 is 1.64 bits per heavy atom. The molecule has 0 aromatic heterocycles. The predicted molar refractivity (Wildman–Crippen MR) is 101 cm³/mol. The number of anilines is 1. The molecule has 25 heavy (non-hydrogen) atoms. The highest BCUT2D eigenvalue weighted by Crippen LogP contribution is 2.33. The summed E-state index contributed by atoms with van der Waals surface area (Å²) in [5.74, 6) is 1.36. The zero-order valence-electron chi connectivity index (χ0n) is 14.2. The second kappa shape index (κ2) is 8.34. The van der Waals surface area contributed by atoms with Crippen LogP contribution in [0.4, 0.5) is 5.69 Å². The minimum atomic E-state index is -0.667. The van der Waals surface area contributed by atoms with Crippen LogP contribution in [0.2, 0.25) is 0 Å². The second-order valence-corrected chi connectivity index (χ2v) is 6.12. The standard InChI is InChI=1S/C19H22N2O3.ClH/c1-23-13-10-14-2-6-16(7-3-14)24-17-8-4-15(5-9-17)21-18(22)19(20)11-12-19;/h2-9H,10-13,20H2,1H3,(H,21,22);1H. The van der Waals surface area contributed by atoms with E-state index in [-0.39, 0.29) is 18.3 Å². The number of nitrogens with one attached hydrogen (secondary N) is 1. The molecule has 2 aromatic rings. The van der Waals surface area contributed by atoms with Crippen LogP contribution < -0.4 is 15.8 Å². The van der Waals surface area contributed by atoms with Crippen molar-refractivity contribution >= 4 is 24.0 Å². The first-order chi connectivity index (χ1) is 11.6. The SMILES string of the molecule is COCCc1ccc(Oc2ccc(NC(=O)C3(N)CC3)cc2)cc1.Cl. The molecule has 0 atom stereocenters. The molecule has 0 heterocycles. The summed E-state index contributed by atoms with van der Waals surface area (Å²) in [5.41, 5.74) is 7.13. The van der Waals surface area contributed by atoms with E-state index in [1.165, 1.54) is 5.56 Å². The Hall–Kier alpha value is -2.08. The third kappa shape index (κ3) is 5.19. The van der Waals surface area contributed by atoms with Crippen molar-refractivity contribution in [3.8, 4) is 11.5 Å². The summed E-state index contributed by atoms with van der Waals surface area (Å²) >= 11 is 0. The Morgan fingerprint density at radius 3 is 2.16 bits per heavy atom. The quantitative estimate of drug-likeness (QED) is 0.790. The second-order valence-electron chi connectivity index (χ2n) is 6.12. The number of hydrogen-bond donors (Lipinski definition) is 2. The highest BCUT2D eigenvalue weighted by atomic mass is 35.5. The molecule has 0 spiro atoms. The third-order valence-corrected chi connectivity index (χ3v) is 4.11. The Kier molecular flexibility index (Phi) is 6.42. The maximum absolute atomic E-state index is 11.9. The van der Waals surface area contributed by atoms with Gasteiger partial charge in [0.05, 0.1) is 12.1 Å². The molecule has 6 heteroatoms. The highest BCUT2D eigenvalue weighted by molar-refractivity contribution is 6.00. The molecule has 1 aliphatic carbocycles. The van der Waals surface area contributed by atoms with Crippen molar-refractivity contribution in [3.05, 3.63) is 54.1 Å². The van der Waals surface area contributed by atoms with Gasteiger partial charge < -0.3 is 20.5 Å². The van der Waals surface area contributed by atoms with Crippen LogP contribution in [-0.2, 0) is 16.0 Å². The smallest absolute Gasteiger partial charge is 0.244 e. The lowest BCUT2D eigenvalue weighted by atomic mass is 10.1. The number of methoxy groups -OCH3 is 1. The molecule has 1 aliphatic rings. The summed E-state index contributed by atoms with van der Waals surface area (Å²) in [6.07, 6.45) is 2.38. The van der Waals surface area contributed by atoms with Gasteiger partial charge in [-0.15, -0.1) is 12.4 Å². The largest absolute Gasteiger partial charge is 0.457 e. The van der Waals surface area contributed by atoms with Crippen molar-refractivity contribution in [2.45, 2.75) is 24.8 Å². The van der Waals surface area contributed by atoms with Gasteiger partial charge in [0, 0.05) is 12.8 Å². The van der Waals surface area contributed by atoms with Gasteiger partial charge in [0.25, 0.3) is 0 Å². The lowest BCUT2D eigenvalue weighted by Crippen LogP contribution is -2.37. The Balaban J connectivity index is 0.00000225. The fraction of sp³-hybridized carbons (Fsp3) is 0.316. The van der Waals surface area contributed by atoms with Gasteiger partial charge in [0.2, 0.25) is 5.91 Å². The first kappa shape index (κ1) is 19.2. The number of benzene rings is 2. The van der Waals surface area contributed by atoms with Crippen molar-refractivity contribution < 1.29 is 14.3 Å². The average Bonchev–Trinajstić information content (AvgIpc) is 3.35. The summed E-state index contributed by atoms with van der Waals surface area (Å²) in [7, 11) is 1.70. The molecule has 3 rings (SSSR count). The molecule has 134 valence electrons. The molecule has 5 nitrogen and oxygen atoms in total. The zero-order chi connectivity index (χ0) is 17.0. The molecule has 0 aliphatic heterocycles. The van der Waals surface area contributed by atoms with Gasteiger partial charge in [-0.1, -0.05) is 12.1 Å². The number of nitrogens with two attached hydrogens (primary N) is 1. The van der Waals surface area contributed by atoms with E-state index in [4.69, 9.17) is 15.2 Å². The lowest BCUT2D eigenvalue weighted by molar-refractivity contribution is -0.118. The van der Waals surface area contributed by atoms with Crippen molar-refractivity contribution in [1.82, 2.24) is 0 Å². The number of rotatable bonds is 7. The van der Waals surface area contributed by atoms with E-state index >= 15 is 0 Å². The van der Waals surface area contributed by atoms with Gasteiger partial charge in [-0.05, 0) is 61.2 Å². The molecule has 0 bridgehead atoms. The van der Waals surface area contributed by atoms with E-state index in [9.17, 15) is 4.79 Å². The van der Waals surface area contributed by atoms with E-state index in [1.807, 2.05) is 48.5 Å². The molecule has 3 N–H and O–H groups in total. The topological polar surface area (TPSA) is 73.6 Å². The minimum absolute atomic E-state index is 0. The van der Waals surface area contributed by atoms with Gasteiger partial charge >= 0.3 is 0 Å². The van der Waals surface area contributed by atoms with Gasteiger partial charge in [-0.25, -0.2) is 0 Å². The maximum atomic E-state index is 11.9. The fourth-order valence-corrected chi connectivity index (χ4v) is 2.30. The van der Waals surface area contributed by atoms with Crippen LogP contribution in [-0.4, -0.2) is 25.2 Å². The van der Waals surface area contributed by atoms with Crippen LogP contribution in [0.25, 0.3) is 0 Å². The van der Waals surface area contributed by atoms with Crippen LogP contribution in [0.3, 0.4) is 0 Å². The number of carbonyl (C=O) groups is 1. The van der Waals surface area contributed by atoms with Crippen LogP contribution in [0.1, 0.15) is 18.4 Å². The van der Waals surface area contributed by atoms with Crippen molar-refractivity contribution in [3.63, 3.8) is 0 Å². The molecule has 1 amide bonds. The number of hydrogen-bond acceptors (Lipinski definition) is 4. The Morgan fingerprint density at radius 1 is 1.08 bits per heavy atom. The Bertz CT molecular complexity index is 698. The lowest BCUT2D eigenvalue weighted by Gasteiger charge is -2.11. The van der Waals surface area contributed by atoms with Crippen LogP contribution in [0.15, 0.2) is 48.5 Å². The van der Waals surface area contributed by atoms with Crippen LogP contribution >= 0.6 is 12.4 Å². The van der Waals surface area contributed by atoms with Gasteiger partial charge in [0.15, 0.2) is 0 Å². The van der Waals surface area contributed by atoms with Gasteiger partial charge in [0.1, 0.15) is 11.5 Å². The van der Waals surface area contributed by atoms with E-state index < -0.39 is 5.54 Å². The van der Waals surface area contributed by atoms with Gasteiger partial charge in [-0.2, -0.15) is 0 Å². The molecule has 1 saturated carbocycles. The number of amides is 1. The predicted octanol–water partition coefficient (Wildman–Crippen LogP) is 3.52. The first-order valence-electron chi connectivity index (χ1n) is 8.05. The Labute approximate surface area is 153 Å².